The van der Waals surface area contributed by atoms with Crippen molar-refractivity contribution in [1.82, 2.24) is 0 Å². The number of anilines is 2. The van der Waals surface area contributed by atoms with Gasteiger partial charge in [0, 0.05) is 10.7 Å². The van der Waals surface area contributed by atoms with E-state index in [0.717, 1.165) is 19.3 Å². The summed E-state index contributed by atoms with van der Waals surface area (Å²) in [5.74, 6) is 0. The maximum absolute atomic E-state index is 12.4. The van der Waals surface area contributed by atoms with E-state index in [-0.39, 0.29) is 10.6 Å². The molecule has 0 aromatic heterocycles. The third-order valence-corrected chi connectivity index (χ3v) is 5.30. The first-order valence-corrected chi connectivity index (χ1v) is 8.51. The van der Waals surface area contributed by atoms with Gasteiger partial charge in [0.1, 0.15) is 4.90 Å². The number of nitrogen functional groups attached to an aromatic ring is 1. The minimum Gasteiger partial charge on any atom is -0.398 e. The number of nitrogens with one attached hydrogen (secondary N) is 1. The molecule has 3 rings (SSSR count). The summed E-state index contributed by atoms with van der Waals surface area (Å²) < 4.78 is 27.4. The predicted molar refractivity (Wildman–Crippen MR) is 85.1 cm³/mol. The summed E-state index contributed by atoms with van der Waals surface area (Å²) in [4.78, 5) is 0.0346. The van der Waals surface area contributed by atoms with Gasteiger partial charge in [0.15, 0.2) is 0 Å². The normalized spacial score (nSPS) is 14.0. The molecule has 0 aliphatic heterocycles. The van der Waals surface area contributed by atoms with Crippen LogP contribution in [-0.2, 0) is 22.9 Å². The number of hydrogen-bond donors (Lipinski definition) is 2. The van der Waals surface area contributed by atoms with Crippen LogP contribution >= 0.6 is 11.6 Å². The van der Waals surface area contributed by atoms with Crippen molar-refractivity contribution in [2.24, 2.45) is 0 Å². The number of benzene rings is 2. The molecule has 0 spiro atoms. The van der Waals surface area contributed by atoms with E-state index >= 15 is 0 Å². The Morgan fingerprint density at radius 2 is 1.81 bits per heavy atom. The molecule has 0 bridgehead atoms. The van der Waals surface area contributed by atoms with Crippen molar-refractivity contribution < 1.29 is 8.42 Å². The molecule has 6 heteroatoms. The Morgan fingerprint density at radius 3 is 2.57 bits per heavy atom. The smallest absolute Gasteiger partial charge is 0.263 e. The minimum atomic E-state index is -3.71. The van der Waals surface area contributed by atoms with Crippen LogP contribution in [-0.4, -0.2) is 8.42 Å². The Morgan fingerprint density at radius 1 is 1.05 bits per heavy atom. The summed E-state index contributed by atoms with van der Waals surface area (Å²) in [6.45, 7) is 0. The lowest BCUT2D eigenvalue weighted by atomic mass is 10.1. The predicted octanol–water partition coefficient (Wildman–Crippen LogP) is 3.21. The van der Waals surface area contributed by atoms with Crippen LogP contribution < -0.4 is 10.5 Å². The number of aryl methyl sites for hydroxylation is 2. The zero-order valence-electron chi connectivity index (χ0n) is 11.3. The van der Waals surface area contributed by atoms with Crippen LogP contribution in [0.4, 0.5) is 11.4 Å². The second kappa shape index (κ2) is 5.24. The van der Waals surface area contributed by atoms with E-state index in [0.29, 0.717) is 10.7 Å². The first-order chi connectivity index (χ1) is 9.95. The highest BCUT2D eigenvalue weighted by Crippen LogP contribution is 2.28. The number of halogens is 1. The lowest BCUT2D eigenvalue weighted by molar-refractivity contribution is 0.601. The fourth-order valence-electron chi connectivity index (χ4n) is 2.61. The third-order valence-electron chi connectivity index (χ3n) is 3.61. The lowest BCUT2D eigenvalue weighted by Gasteiger charge is -2.11. The van der Waals surface area contributed by atoms with E-state index in [1.165, 1.54) is 29.3 Å². The van der Waals surface area contributed by atoms with Gasteiger partial charge in [-0.3, -0.25) is 4.72 Å². The van der Waals surface area contributed by atoms with Crippen molar-refractivity contribution in [3.05, 3.63) is 52.5 Å². The Labute approximate surface area is 129 Å². The molecular formula is C15H15ClN2O2S. The SMILES string of the molecule is Nc1cc(Cl)ccc1S(=O)(=O)Nc1ccc2c(c1)CCC2. The third kappa shape index (κ3) is 2.84. The van der Waals surface area contributed by atoms with Gasteiger partial charge < -0.3 is 5.73 Å². The van der Waals surface area contributed by atoms with Crippen molar-refractivity contribution in [3.8, 4) is 0 Å². The highest BCUT2D eigenvalue weighted by Gasteiger charge is 2.19. The van der Waals surface area contributed by atoms with Gasteiger partial charge in [0.25, 0.3) is 10.0 Å². The van der Waals surface area contributed by atoms with Crippen LogP contribution in [0.15, 0.2) is 41.3 Å². The van der Waals surface area contributed by atoms with Crippen LogP contribution in [0.1, 0.15) is 17.5 Å². The van der Waals surface area contributed by atoms with Gasteiger partial charge in [-0.05, 0) is 60.7 Å². The average Bonchev–Trinajstić information content (AvgIpc) is 2.85. The van der Waals surface area contributed by atoms with Gasteiger partial charge in [0.2, 0.25) is 0 Å². The zero-order chi connectivity index (χ0) is 15.0. The number of hydrogen-bond acceptors (Lipinski definition) is 3. The molecule has 0 amide bonds. The van der Waals surface area contributed by atoms with Crippen LogP contribution in [0, 0.1) is 0 Å². The first-order valence-electron chi connectivity index (χ1n) is 6.65. The van der Waals surface area contributed by atoms with E-state index in [9.17, 15) is 8.42 Å². The second-order valence-corrected chi connectivity index (χ2v) is 7.21. The molecule has 0 atom stereocenters. The number of sulfonamides is 1. The summed E-state index contributed by atoms with van der Waals surface area (Å²) in [7, 11) is -3.71. The van der Waals surface area contributed by atoms with Crippen molar-refractivity contribution >= 4 is 33.0 Å². The highest BCUT2D eigenvalue weighted by molar-refractivity contribution is 7.92. The first kappa shape index (κ1) is 14.2. The summed E-state index contributed by atoms with van der Waals surface area (Å²) in [6.07, 6.45) is 3.18. The summed E-state index contributed by atoms with van der Waals surface area (Å²) in [5, 5.41) is 0.406. The largest absolute Gasteiger partial charge is 0.398 e. The molecule has 0 unspecified atom stereocenters. The van der Waals surface area contributed by atoms with E-state index < -0.39 is 10.0 Å². The van der Waals surface area contributed by atoms with Crippen molar-refractivity contribution in [2.45, 2.75) is 24.2 Å². The Hall–Kier alpha value is -1.72. The van der Waals surface area contributed by atoms with Gasteiger partial charge in [-0.25, -0.2) is 8.42 Å². The van der Waals surface area contributed by atoms with E-state index in [2.05, 4.69) is 4.72 Å². The number of fused-ring (bicyclic) bond motifs is 1. The van der Waals surface area contributed by atoms with E-state index in [1.54, 1.807) is 6.07 Å². The molecule has 0 radical (unpaired) electrons. The maximum Gasteiger partial charge on any atom is 0.263 e. The maximum atomic E-state index is 12.4. The summed E-state index contributed by atoms with van der Waals surface area (Å²) in [6, 6.07) is 10.0. The lowest BCUT2D eigenvalue weighted by Crippen LogP contribution is -2.15. The van der Waals surface area contributed by atoms with Crippen LogP contribution in [0.2, 0.25) is 5.02 Å². The summed E-state index contributed by atoms with van der Waals surface area (Å²) in [5.41, 5.74) is 8.95. The van der Waals surface area contributed by atoms with Gasteiger partial charge in [0.05, 0.1) is 5.69 Å². The molecule has 21 heavy (non-hydrogen) atoms. The fourth-order valence-corrected chi connectivity index (χ4v) is 3.95. The second-order valence-electron chi connectivity index (χ2n) is 5.12. The van der Waals surface area contributed by atoms with Crippen molar-refractivity contribution in [1.29, 1.82) is 0 Å². The topological polar surface area (TPSA) is 72.2 Å². The van der Waals surface area contributed by atoms with Gasteiger partial charge >= 0.3 is 0 Å². The average molecular weight is 323 g/mol. The fraction of sp³-hybridized carbons (Fsp3) is 0.200. The van der Waals surface area contributed by atoms with Crippen LogP contribution in [0.3, 0.4) is 0 Å². The van der Waals surface area contributed by atoms with E-state index in [1.807, 2.05) is 12.1 Å². The molecule has 110 valence electrons. The number of nitrogens with two attached hydrogens (primary N) is 1. The van der Waals surface area contributed by atoms with Gasteiger partial charge in [-0.1, -0.05) is 17.7 Å². The van der Waals surface area contributed by atoms with Gasteiger partial charge in [-0.15, -0.1) is 0 Å². The molecule has 0 heterocycles. The van der Waals surface area contributed by atoms with E-state index in [4.69, 9.17) is 17.3 Å². The Balaban J connectivity index is 1.92. The molecule has 1 aliphatic carbocycles. The van der Waals surface area contributed by atoms with Crippen LogP contribution in [0.5, 0.6) is 0 Å². The Kier molecular flexibility index (Phi) is 3.55. The molecule has 0 saturated heterocycles. The molecule has 3 N–H and O–H groups in total. The molecule has 1 aliphatic rings. The molecule has 2 aromatic rings. The van der Waals surface area contributed by atoms with Crippen LogP contribution in [0.25, 0.3) is 0 Å². The number of rotatable bonds is 3. The monoisotopic (exact) mass is 322 g/mol. The minimum absolute atomic E-state index is 0.0346. The Bertz CT molecular complexity index is 803. The molecular weight excluding hydrogens is 308 g/mol. The molecule has 4 nitrogen and oxygen atoms in total. The highest BCUT2D eigenvalue weighted by atomic mass is 35.5. The van der Waals surface area contributed by atoms with Gasteiger partial charge in [-0.2, -0.15) is 0 Å². The molecule has 0 fully saturated rings. The molecule has 2 aromatic carbocycles. The van der Waals surface area contributed by atoms with Crippen molar-refractivity contribution in [2.75, 3.05) is 10.5 Å². The molecule has 0 saturated carbocycles. The summed E-state index contributed by atoms with van der Waals surface area (Å²) >= 11 is 5.80. The zero-order valence-corrected chi connectivity index (χ0v) is 12.8. The standard InChI is InChI=1S/C15H15ClN2O2S/c16-12-5-7-15(14(17)9-12)21(19,20)18-13-6-4-10-2-1-3-11(10)8-13/h4-9,18H,1-3,17H2. The van der Waals surface area contributed by atoms with Crippen molar-refractivity contribution in [3.63, 3.8) is 0 Å². The quantitative estimate of drug-likeness (QED) is 0.852.